The number of para-hydroxylation sites is 1. The predicted octanol–water partition coefficient (Wildman–Crippen LogP) is 1.36. The second-order valence-corrected chi connectivity index (χ2v) is 5.41. The van der Waals surface area contributed by atoms with Gasteiger partial charge in [-0.25, -0.2) is 0 Å². The average molecular weight is 291 g/mol. The Hall–Kier alpha value is -1.59. The van der Waals surface area contributed by atoms with Gasteiger partial charge in [-0.3, -0.25) is 4.79 Å². The topological polar surface area (TPSA) is 76.4 Å². The Morgan fingerprint density at radius 3 is 2.67 bits per heavy atom. The molecule has 0 aromatic heterocycles. The van der Waals surface area contributed by atoms with Crippen LogP contribution in [0.5, 0.6) is 0 Å². The SMILES string of the molecule is NC(C(=O)NCCCNc1ccccc1)C1CCOCC1. The molecule has 1 unspecified atom stereocenters. The fraction of sp³-hybridized carbons (Fsp3) is 0.562. The van der Waals surface area contributed by atoms with Crippen molar-refractivity contribution < 1.29 is 9.53 Å². The van der Waals surface area contributed by atoms with Gasteiger partial charge in [0.1, 0.15) is 0 Å². The number of nitrogens with two attached hydrogens (primary N) is 1. The third kappa shape index (κ3) is 5.36. The minimum atomic E-state index is -0.406. The highest BCUT2D eigenvalue weighted by Crippen LogP contribution is 2.17. The van der Waals surface area contributed by atoms with Crippen LogP contribution < -0.4 is 16.4 Å². The molecule has 4 N–H and O–H groups in total. The zero-order chi connectivity index (χ0) is 14.9. The summed E-state index contributed by atoms with van der Waals surface area (Å²) in [5.74, 6) is 0.211. The first-order chi connectivity index (χ1) is 10.3. The second kappa shape index (κ2) is 8.64. The molecule has 1 atom stereocenters. The highest BCUT2D eigenvalue weighted by atomic mass is 16.5. The molecule has 0 bridgehead atoms. The molecule has 5 nitrogen and oxygen atoms in total. The van der Waals surface area contributed by atoms with Crippen molar-refractivity contribution in [3.05, 3.63) is 30.3 Å². The van der Waals surface area contributed by atoms with Crippen molar-refractivity contribution in [2.24, 2.45) is 11.7 Å². The molecule has 1 saturated heterocycles. The molecule has 1 aliphatic heterocycles. The standard InChI is InChI=1S/C16H25N3O2/c17-15(13-7-11-21-12-8-13)16(20)19-10-4-9-18-14-5-2-1-3-6-14/h1-3,5-6,13,15,18H,4,7-12,17H2,(H,19,20). The van der Waals surface area contributed by atoms with Crippen LogP contribution >= 0.6 is 0 Å². The molecule has 1 heterocycles. The number of carbonyl (C=O) groups is 1. The lowest BCUT2D eigenvalue weighted by Crippen LogP contribution is -2.47. The van der Waals surface area contributed by atoms with Crippen molar-refractivity contribution in [1.82, 2.24) is 5.32 Å². The third-order valence-electron chi connectivity index (χ3n) is 3.83. The van der Waals surface area contributed by atoms with Gasteiger partial charge < -0.3 is 21.1 Å². The Morgan fingerprint density at radius 1 is 1.24 bits per heavy atom. The highest BCUT2D eigenvalue weighted by Gasteiger charge is 2.26. The van der Waals surface area contributed by atoms with Crippen LogP contribution in [0.4, 0.5) is 5.69 Å². The Bertz CT molecular complexity index is 419. The minimum Gasteiger partial charge on any atom is -0.385 e. The van der Waals surface area contributed by atoms with E-state index in [-0.39, 0.29) is 11.8 Å². The zero-order valence-electron chi connectivity index (χ0n) is 12.4. The Kier molecular flexibility index (Phi) is 6.50. The lowest BCUT2D eigenvalue weighted by molar-refractivity contribution is -0.124. The highest BCUT2D eigenvalue weighted by molar-refractivity contribution is 5.81. The lowest BCUT2D eigenvalue weighted by Gasteiger charge is -2.26. The Balaban J connectivity index is 1.58. The summed E-state index contributed by atoms with van der Waals surface area (Å²) < 4.78 is 5.29. The van der Waals surface area contributed by atoms with E-state index in [9.17, 15) is 4.79 Å². The molecule has 1 amide bonds. The molecular formula is C16H25N3O2. The number of hydrogen-bond acceptors (Lipinski definition) is 4. The molecule has 5 heteroatoms. The van der Waals surface area contributed by atoms with Crippen LogP contribution in [-0.4, -0.2) is 38.3 Å². The first-order valence-corrected chi connectivity index (χ1v) is 7.67. The summed E-state index contributed by atoms with van der Waals surface area (Å²) in [6.07, 6.45) is 2.63. The summed E-state index contributed by atoms with van der Waals surface area (Å²) in [5.41, 5.74) is 7.11. The van der Waals surface area contributed by atoms with E-state index in [2.05, 4.69) is 10.6 Å². The van der Waals surface area contributed by atoms with Crippen molar-refractivity contribution in [2.45, 2.75) is 25.3 Å². The summed E-state index contributed by atoms with van der Waals surface area (Å²) in [5, 5.41) is 6.23. The molecule has 21 heavy (non-hydrogen) atoms. The number of anilines is 1. The van der Waals surface area contributed by atoms with Gasteiger partial charge in [-0.2, -0.15) is 0 Å². The monoisotopic (exact) mass is 291 g/mol. The molecule has 0 aliphatic carbocycles. The van der Waals surface area contributed by atoms with Crippen molar-refractivity contribution in [1.29, 1.82) is 0 Å². The van der Waals surface area contributed by atoms with E-state index in [1.54, 1.807) is 0 Å². The molecule has 0 saturated carbocycles. The van der Waals surface area contributed by atoms with Crippen LogP contribution in [0, 0.1) is 5.92 Å². The van der Waals surface area contributed by atoms with Crippen molar-refractivity contribution in [2.75, 3.05) is 31.6 Å². The number of carbonyl (C=O) groups excluding carboxylic acids is 1. The number of benzene rings is 1. The van der Waals surface area contributed by atoms with Crippen LogP contribution in [0.3, 0.4) is 0 Å². The summed E-state index contributed by atoms with van der Waals surface area (Å²) in [4.78, 5) is 12.0. The van der Waals surface area contributed by atoms with E-state index in [4.69, 9.17) is 10.5 Å². The molecule has 2 rings (SSSR count). The van der Waals surface area contributed by atoms with E-state index >= 15 is 0 Å². The quantitative estimate of drug-likeness (QED) is 0.663. The number of amides is 1. The zero-order valence-corrected chi connectivity index (χ0v) is 12.4. The van der Waals surface area contributed by atoms with Gasteiger partial charge >= 0.3 is 0 Å². The van der Waals surface area contributed by atoms with E-state index in [0.29, 0.717) is 19.8 Å². The second-order valence-electron chi connectivity index (χ2n) is 5.41. The van der Waals surface area contributed by atoms with E-state index in [1.807, 2.05) is 30.3 Å². The van der Waals surface area contributed by atoms with Gasteiger partial charge in [0.15, 0.2) is 0 Å². The van der Waals surface area contributed by atoms with E-state index in [1.165, 1.54) is 0 Å². The molecule has 0 radical (unpaired) electrons. The average Bonchev–Trinajstić information content (AvgIpc) is 2.55. The van der Waals surface area contributed by atoms with E-state index in [0.717, 1.165) is 31.5 Å². The van der Waals surface area contributed by atoms with Crippen LogP contribution in [0.25, 0.3) is 0 Å². The van der Waals surface area contributed by atoms with Gasteiger partial charge in [0.05, 0.1) is 6.04 Å². The number of rotatable bonds is 7. The molecule has 1 aromatic rings. The van der Waals surface area contributed by atoms with Gasteiger partial charge in [-0.05, 0) is 37.3 Å². The summed E-state index contributed by atoms with van der Waals surface area (Å²) >= 11 is 0. The molecule has 1 aliphatic rings. The maximum absolute atomic E-state index is 12.0. The third-order valence-corrected chi connectivity index (χ3v) is 3.83. The van der Waals surface area contributed by atoms with Gasteiger partial charge in [0.2, 0.25) is 5.91 Å². The Morgan fingerprint density at radius 2 is 1.95 bits per heavy atom. The number of hydrogen-bond donors (Lipinski definition) is 3. The number of ether oxygens (including phenoxy) is 1. The van der Waals surface area contributed by atoms with Crippen molar-refractivity contribution in [3.63, 3.8) is 0 Å². The van der Waals surface area contributed by atoms with Crippen LogP contribution in [-0.2, 0) is 9.53 Å². The number of nitrogens with one attached hydrogen (secondary N) is 2. The van der Waals surface area contributed by atoms with Gasteiger partial charge in [-0.15, -0.1) is 0 Å². The molecule has 0 spiro atoms. The van der Waals surface area contributed by atoms with E-state index < -0.39 is 6.04 Å². The molecule has 1 aromatic carbocycles. The smallest absolute Gasteiger partial charge is 0.237 e. The van der Waals surface area contributed by atoms with Crippen LogP contribution in [0.15, 0.2) is 30.3 Å². The van der Waals surface area contributed by atoms with Crippen molar-refractivity contribution in [3.8, 4) is 0 Å². The summed E-state index contributed by atoms with van der Waals surface area (Å²) in [6, 6.07) is 9.63. The largest absolute Gasteiger partial charge is 0.385 e. The first kappa shape index (κ1) is 15.8. The van der Waals surface area contributed by atoms with Crippen LogP contribution in [0.2, 0.25) is 0 Å². The van der Waals surface area contributed by atoms with Gasteiger partial charge in [0, 0.05) is 32.0 Å². The fourth-order valence-corrected chi connectivity index (χ4v) is 2.50. The maximum Gasteiger partial charge on any atom is 0.237 e. The summed E-state index contributed by atoms with van der Waals surface area (Å²) in [6.45, 7) is 2.91. The Labute approximate surface area is 126 Å². The molecular weight excluding hydrogens is 266 g/mol. The first-order valence-electron chi connectivity index (χ1n) is 7.67. The maximum atomic E-state index is 12.0. The normalized spacial score (nSPS) is 17.2. The molecule has 1 fully saturated rings. The van der Waals surface area contributed by atoms with Gasteiger partial charge in [0.25, 0.3) is 0 Å². The predicted molar refractivity (Wildman–Crippen MR) is 84.1 cm³/mol. The molecule has 116 valence electrons. The van der Waals surface area contributed by atoms with Gasteiger partial charge in [-0.1, -0.05) is 18.2 Å². The van der Waals surface area contributed by atoms with Crippen LogP contribution in [0.1, 0.15) is 19.3 Å². The fourth-order valence-electron chi connectivity index (χ4n) is 2.50. The minimum absolute atomic E-state index is 0.0402. The van der Waals surface area contributed by atoms with Crippen molar-refractivity contribution >= 4 is 11.6 Å². The summed E-state index contributed by atoms with van der Waals surface area (Å²) in [7, 11) is 0. The lowest BCUT2D eigenvalue weighted by atomic mass is 9.92.